The third-order valence-electron chi connectivity index (χ3n) is 4.42. The number of carbonyl (C=O) groups excluding carboxylic acids is 1. The molecule has 1 aromatic rings. The first-order valence-electron chi connectivity index (χ1n) is 7.36. The van der Waals surface area contributed by atoms with Crippen molar-refractivity contribution in [3.8, 4) is 0 Å². The molecule has 0 amide bonds. The molecule has 2 aliphatic heterocycles. The Kier molecular flexibility index (Phi) is 3.68. The van der Waals surface area contributed by atoms with Gasteiger partial charge in [-0.2, -0.15) is 5.11 Å². The van der Waals surface area contributed by atoms with Gasteiger partial charge >= 0.3 is 0 Å². The van der Waals surface area contributed by atoms with E-state index in [9.17, 15) is 4.79 Å². The Morgan fingerprint density at radius 1 is 1.29 bits per heavy atom. The zero-order chi connectivity index (χ0) is 14.9. The molecule has 21 heavy (non-hydrogen) atoms. The number of carbonyl (C=O) groups is 1. The SMILES string of the molecule is CC1CC(=O)CC(C2(C)C=NN=N2)N1Cc1ccccc1. The van der Waals surface area contributed by atoms with Gasteiger partial charge in [0.25, 0.3) is 0 Å². The third-order valence-corrected chi connectivity index (χ3v) is 4.42. The molecule has 110 valence electrons. The van der Waals surface area contributed by atoms with E-state index in [4.69, 9.17) is 0 Å². The Bertz CT molecular complexity index is 569. The summed E-state index contributed by atoms with van der Waals surface area (Å²) in [5.41, 5.74) is 0.748. The zero-order valence-electron chi connectivity index (χ0n) is 12.4. The molecule has 1 saturated heterocycles. The van der Waals surface area contributed by atoms with Gasteiger partial charge in [0, 0.05) is 31.5 Å². The van der Waals surface area contributed by atoms with Crippen LogP contribution >= 0.6 is 0 Å². The van der Waals surface area contributed by atoms with E-state index in [0.29, 0.717) is 18.6 Å². The van der Waals surface area contributed by atoms with Crippen LogP contribution in [0.15, 0.2) is 45.8 Å². The van der Waals surface area contributed by atoms with Gasteiger partial charge < -0.3 is 0 Å². The lowest BCUT2D eigenvalue weighted by molar-refractivity contribution is -0.126. The third kappa shape index (κ3) is 2.78. The van der Waals surface area contributed by atoms with Crippen LogP contribution in [0.4, 0.5) is 0 Å². The van der Waals surface area contributed by atoms with E-state index in [-0.39, 0.29) is 12.1 Å². The molecule has 3 rings (SSSR count). The molecule has 0 aromatic heterocycles. The van der Waals surface area contributed by atoms with Crippen molar-refractivity contribution >= 4 is 12.0 Å². The van der Waals surface area contributed by atoms with Crippen LogP contribution in [-0.4, -0.2) is 34.5 Å². The summed E-state index contributed by atoms with van der Waals surface area (Å²) in [6, 6.07) is 10.6. The van der Waals surface area contributed by atoms with Gasteiger partial charge in [0.15, 0.2) is 0 Å². The Labute approximate surface area is 124 Å². The first kappa shape index (κ1) is 14.1. The molecule has 0 radical (unpaired) electrons. The monoisotopic (exact) mass is 284 g/mol. The van der Waals surface area contributed by atoms with Gasteiger partial charge in [-0.15, -0.1) is 5.10 Å². The van der Waals surface area contributed by atoms with Gasteiger partial charge in [-0.25, -0.2) is 0 Å². The summed E-state index contributed by atoms with van der Waals surface area (Å²) in [4.78, 5) is 14.4. The number of Topliss-reactive ketones (excluding diaryl/α,β-unsaturated/α-hetero) is 1. The minimum absolute atomic E-state index is 0.0176. The fourth-order valence-corrected chi connectivity index (χ4v) is 3.22. The largest absolute Gasteiger partial charge is 0.300 e. The number of rotatable bonds is 3. The predicted octanol–water partition coefficient (Wildman–Crippen LogP) is 2.82. The molecule has 0 bridgehead atoms. The maximum Gasteiger partial charge on any atom is 0.136 e. The van der Waals surface area contributed by atoms with E-state index >= 15 is 0 Å². The van der Waals surface area contributed by atoms with Crippen molar-refractivity contribution in [2.24, 2.45) is 15.4 Å². The summed E-state index contributed by atoms with van der Waals surface area (Å²) in [7, 11) is 0. The predicted molar refractivity (Wildman–Crippen MR) is 81.2 cm³/mol. The summed E-state index contributed by atoms with van der Waals surface area (Å²) in [5.74, 6) is 0.300. The summed E-state index contributed by atoms with van der Waals surface area (Å²) < 4.78 is 0. The van der Waals surface area contributed by atoms with E-state index in [1.165, 1.54) is 5.56 Å². The van der Waals surface area contributed by atoms with Crippen LogP contribution in [0, 0.1) is 0 Å². The molecule has 2 heterocycles. The number of hydrogen-bond acceptors (Lipinski definition) is 5. The van der Waals surface area contributed by atoms with Crippen molar-refractivity contribution in [3.63, 3.8) is 0 Å². The number of nitrogens with zero attached hydrogens (tertiary/aromatic N) is 4. The number of hydrogen-bond donors (Lipinski definition) is 0. The maximum atomic E-state index is 12.0. The Morgan fingerprint density at radius 3 is 2.71 bits per heavy atom. The summed E-state index contributed by atoms with van der Waals surface area (Å²) in [6.45, 7) is 4.93. The molecule has 1 fully saturated rings. The van der Waals surface area contributed by atoms with Gasteiger partial charge in [-0.1, -0.05) is 30.3 Å². The normalized spacial score (nSPS) is 32.8. The number of ketones is 1. The van der Waals surface area contributed by atoms with Crippen LogP contribution in [0.2, 0.25) is 0 Å². The van der Waals surface area contributed by atoms with E-state index in [2.05, 4.69) is 39.4 Å². The van der Waals surface area contributed by atoms with Gasteiger partial charge in [0.05, 0.1) is 6.21 Å². The average Bonchev–Trinajstić information content (AvgIpc) is 2.91. The van der Waals surface area contributed by atoms with Crippen molar-refractivity contribution in [1.82, 2.24) is 4.90 Å². The van der Waals surface area contributed by atoms with Crippen molar-refractivity contribution in [1.29, 1.82) is 0 Å². The molecule has 3 atom stereocenters. The molecular formula is C16H20N4O. The Morgan fingerprint density at radius 2 is 2.05 bits per heavy atom. The smallest absolute Gasteiger partial charge is 0.136 e. The zero-order valence-corrected chi connectivity index (χ0v) is 12.4. The second-order valence-corrected chi connectivity index (χ2v) is 6.13. The highest BCUT2D eigenvalue weighted by molar-refractivity contribution is 5.83. The molecular weight excluding hydrogens is 264 g/mol. The van der Waals surface area contributed by atoms with E-state index < -0.39 is 5.54 Å². The highest BCUT2D eigenvalue weighted by Crippen LogP contribution is 2.33. The fourth-order valence-electron chi connectivity index (χ4n) is 3.22. The summed E-state index contributed by atoms with van der Waals surface area (Å²) in [5, 5.41) is 11.9. The van der Waals surface area contributed by atoms with Crippen molar-refractivity contribution in [2.45, 2.75) is 50.9 Å². The van der Waals surface area contributed by atoms with E-state index in [1.807, 2.05) is 25.1 Å². The lowest BCUT2D eigenvalue weighted by atomic mass is 9.83. The highest BCUT2D eigenvalue weighted by atomic mass is 16.1. The molecule has 0 spiro atoms. The number of likely N-dealkylation sites (tertiary alicyclic amines) is 1. The molecule has 0 N–H and O–H groups in total. The van der Waals surface area contributed by atoms with Crippen molar-refractivity contribution in [3.05, 3.63) is 35.9 Å². The van der Waals surface area contributed by atoms with Gasteiger partial charge in [-0.05, 0) is 24.6 Å². The van der Waals surface area contributed by atoms with Crippen LogP contribution in [0.3, 0.4) is 0 Å². The van der Waals surface area contributed by atoms with Crippen LogP contribution < -0.4 is 0 Å². The minimum atomic E-state index is -0.501. The molecule has 0 aliphatic carbocycles. The van der Waals surface area contributed by atoms with E-state index in [0.717, 1.165) is 6.54 Å². The fraction of sp³-hybridized carbons (Fsp3) is 0.500. The molecule has 3 unspecified atom stereocenters. The lowest BCUT2D eigenvalue weighted by Gasteiger charge is -2.44. The van der Waals surface area contributed by atoms with Gasteiger partial charge in [0.1, 0.15) is 11.3 Å². The lowest BCUT2D eigenvalue weighted by Crippen LogP contribution is -2.57. The quantitative estimate of drug-likeness (QED) is 0.857. The highest BCUT2D eigenvalue weighted by Gasteiger charge is 2.44. The van der Waals surface area contributed by atoms with Crippen molar-refractivity contribution < 1.29 is 4.79 Å². The molecule has 0 saturated carbocycles. The Balaban J connectivity index is 1.88. The first-order valence-corrected chi connectivity index (χ1v) is 7.36. The topological polar surface area (TPSA) is 57.4 Å². The van der Waals surface area contributed by atoms with Crippen LogP contribution in [0.25, 0.3) is 0 Å². The average molecular weight is 284 g/mol. The van der Waals surface area contributed by atoms with Crippen LogP contribution in [0.1, 0.15) is 32.3 Å². The summed E-state index contributed by atoms with van der Waals surface area (Å²) >= 11 is 0. The standard InChI is InChI=1S/C16H20N4O/c1-12-8-14(21)9-15(16(2)11-17-19-18-16)20(12)10-13-6-4-3-5-7-13/h3-7,11-12,15H,8-10H2,1-2H3. The van der Waals surface area contributed by atoms with E-state index in [1.54, 1.807) is 6.21 Å². The first-order chi connectivity index (χ1) is 10.1. The maximum absolute atomic E-state index is 12.0. The molecule has 1 aromatic carbocycles. The Hall–Kier alpha value is -1.88. The molecule has 5 nitrogen and oxygen atoms in total. The molecule has 2 aliphatic rings. The van der Waals surface area contributed by atoms with Crippen molar-refractivity contribution in [2.75, 3.05) is 0 Å². The molecule has 5 heteroatoms. The minimum Gasteiger partial charge on any atom is -0.300 e. The summed E-state index contributed by atoms with van der Waals surface area (Å²) in [6.07, 6.45) is 2.88. The van der Waals surface area contributed by atoms with Crippen LogP contribution in [0.5, 0.6) is 0 Å². The second-order valence-electron chi connectivity index (χ2n) is 6.13. The second kappa shape index (κ2) is 5.48. The van der Waals surface area contributed by atoms with Gasteiger partial charge in [0.2, 0.25) is 0 Å². The van der Waals surface area contributed by atoms with Gasteiger partial charge in [-0.3, -0.25) is 9.69 Å². The number of piperidine rings is 1. The number of benzene rings is 1. The van der Waals surface area contributed by atoms with Crippen LogP contribution in [-0.2, 0) is 11.3 Å².